The van der Waals surface area contributed by atoms with Gasteiger partial charge in [-0.1, -0.05) is 38.1 Å². The van der Waals surface area contributed by atoms with Gasteiger partial charge in [0.15, 0.2) is 5.96 Å². The van der Waals surface area contributed by atoms with Crippen LogP contribution in [0.2, 0.25) is 0 Å². The van der Waals surface area contributed by atoms with Gasteiger partial charge in [-0.05, 0) is 36.7 Å². The quantitative estimate of drug-likeness (QED) is 0.390. The lowest BCUT2D eigenvalue weighted by molar-refractivity contribution is 0.295. The van der Waals surface area contributed by atoms with Crippen molar-refractivity contribution in [3.63, 3.8) is 0 Å². The van der Waals surface area contributed by atoms with Crippen molar-refractivity contribution in [2.75, 3.05) is 26.7 Å². The minimum atomic E-state index is 0.774. The molecule has 2 rings (SSSR count). The van der Waals surface area contributed by atoms with Crippen molar-refractivity contribution in [2.24, 2.45) is 4.99 Å². The molecule has 1 aromatic carbocycles. The number of nitrogens with one attached hydrogen (secondary N) is 2. The van der Waals surface area contributed by atoms with Gasteiger partial charge in [-0.2, -0.15) is 5.10 Å². The van der Waals surface area contributed by atoms with Gasteiger partial charge < -0.3 is 10.6 Å². The molecule has 2 N–H and O–H groups in total. The predicted molar refractivity (Wildman–Crippen MR) is 108 cm³/mol. The highest BCUT2D eigenvalue weighted by Gasteiger charge is 2.07. The fourth-order valence-electron chi connectivity index (χ4n) is 2.85. The molecule has 0 saturated carbocycles. The fraction of sp³-hybridized carbons (Fsp3) is 0.500. The van der Waals surface area contributed by atoms with E-state index in [2.05, 4.69) is 63.7 Å². The van der Waals surface area contributed by atoms with Crippen molar-refractivity contribution in [3.8, 4) is 0 Å². The van der Waals surface area contributed by atoms with Crippen LogP contribution in [0.3, 0.4) is 0 Å². The van der Waals surface area contributed by atoms with Crippen LogP contribution in [0.1, 0.15) is 31.4 Å². The zero-order valence-electron chi connectivity index (χ0n) is 16.3. The van der Waals surface area contributed by atoms with E-state index in [-0.39, 0.29) is 0 Å². The summed E-state index contributed by atoms with van der Waals surface area (Å²) in [6.07, 6.45) is 4.80. The summed E-state index contributed by atoms with van der Waals surface area (Å²) in [5.41, 5.74) is 2.69. The van der Waals surface area contributed by atoms with Crippen molar-refractivity contribution < 1.29 is 0 Å². The third kappa shape index (κ3) is 6.52. The van der Waals surface area contributed by atoms with E-state index in [1.165, 1.54) is 11.1 Å². The van der Waals surface area contributed by atoms with Crippen molar-refractivity contribution in [1.29, 1.82) is 0 Å². The number of rotatable bonds is 10. The largest absolute Gasteiger partial charge is 0.356 e. The highest BCUT2D eigenvalue weighted by Crippen LogP contribution is 2.11. The van der Waals surface area contributed by atoms with Crippen molar-refractivity contribution >= 4 is 5.96 Å². The van der Waals surface area contributed by atoms with E-state index in [1.807, 2.05) is 30.2 Å². The van der Waals surface area contributed by atoms with Gasteiger partial charge in [0.25, 0.3) is 0 Å². The molecule has 2 aromatic rings. The maximum atomic E-state index is 4.32. The van der Waals surface area contributed by atoms with Crippen molar-refractivity contribution in [1.82, 2.24) is 25.3 Å². The molecule has 6 nitrogen and oxygen atoms in total. The first-order valence-electron chi connectivity index (χ1n) is 9.47. The summed E-state index contributed by atoms with van der Waals surface area (Å²) in [5, 5.41) is 11.0. The van der Waals surface area contributed by atoms with E-state index in [9.17, 15) is 0 Å². The van der Waals surface area contributed by atoms with Crippen LogP contribution in [0.25, 0.3) is 0 Å². The van der Waals surface area contributed by atoms with Crippen LogP contribution in [-0.4, -0.2) is 47.3 Å². The summed E-state index contributed by atoms with van der Waals surface area (Å²) < 4.78 is 1.95. The van der Waals surface area contributed by atoms with E-state index in [0.717, 1.165) is 51.6 Å². The molecule has 0 unspecified atom stereocenters. The molecular formula is C20H32N6. The molecule has 26 heavy (non-hydrogen) atoms. The third-order valence-electron chi connectivity index (χ3n) is 4.49. The number of aromatic nitrogens is 2. The van der Waals surface area contributed by atoms with Gasteiger partial charge in [0.1, 0.15) is 0 Å². The Morgan fingerprint density at radius 2 is 1.88 bits per heavy atom. The van der Waals surface area contributed by atoms with Gasteiger partial charge in [0.05, 0.1) is 0 Å². The molecule has 1 heterocycles. The Bertz CT molecular complexity index is 646. The van der Waals surface area contributed by atoms with Crippen LogP contribution in [0.4, 0.5) is 0 Å². The minimum absolute atomic E-state index is 0.774. The van der Waals surface area contributed by atoms with Gasteiger partial charge >= 0.3 is 0 Å². The molecule has 0 radical (unpaired) electrons. The Balaban J connectivity index is 1.80. The van der Waals surface area contributed by atoms with Crippen LogP contribution < -0.4 is 10.6 Å². The standard InChI is InChI=1S/C20H32N6/c1-4-25(5-2)17-19-11-7-6-10-18(19)16-23-20(21-3)22-12-8-14-26-15-9-13-24-26/h6-7,9-11,13,15H,4-5,8,12,14,16-17H2,1-3H3,(H2,21,22,23). The summed E-state index contributed by atoms with van der Waals surface area (Å²) >= 11 is 0. The molecule has 1 aromatic heterocycles. The van der Waals surface area contributed by atoms with Crippen molar-refractivity contribution in [3.05, 3.63) is 53.9 Å². The second-order valence-corrected chi connectivity index (χ2v) is 6.21. The smallest absolute Gasteiger partial charge is 0.191 e. The Morgan fingerprint density at radius 3 is 2.54 bits per heavy atom. The summed E-state index contributed by atoms with van der Waals surface area (Å²) in [6, 6.07) is 10.6. The number of hydrogen-bond acceptors (Lipinski definition) is 3. The van der Waals surface area contributed by atoms with Crippen LogP contribution in [-0.2, 0) is 19.6 Å². The molecule has 0 fully saturated rings. The zero-order chi connectivity index (χ0) is 18.6. The van der Waals surface area contributed by atoms with Gasteiger partial charge in [-0.25, -0.2) is 0 Å². The number of aliphatic imine (C=N–C) groups is 1. The Kier molecular flexibility index (Phi) is 8.69. The summed E-state index contributed by atoms with van der Waals surface area (Å²) in [4.78, 5) is 6.75. The van der Waals surface area contributed by atoms with E-state index in [0.29, 0.717) is 0 Å². The molecule has 6 heteroatoms. The molecular weight excluding hydrogens is 324 g/mol. The zero-order valence-corrected chi connectivity index (χ0v) is 16.3. The highest BCUT2D eigenvalue weighted by atomic mass is 15.3. The molecule has 0 spiro atoms. The van der Waals surface area contributed by atoms with Gasteiger partial charge in [0.2, 0.25) is 0 Å². The number of benzene rings is 1. The van der Waals surface area contributed by atoms with Gasteiger partial charge in [0, 0.05) is 45.6 Å². The second kappa shape index (κ2) is 11.3. The van der Waals surface area contributed by atoms with Gasteiger partial charge in [-0.15, -0.1) is 0 Å². The molecule has 0 aliphatic rings. The number of aryl methyl sites for hydroxylation is 1. The SMILES string of the molecule is CCN(CC)Cc1ccccc1CNC(=NC)NCCCn1cccn1. The lowest BCUT2D eigenvalue weighted by Gasteiger charge is -2.20. The first kappa shape index (κ1) is 20.0. The molecule has 0 bridgehead atoms. The number of hydrogen-bond donors (Lipinski definition) is 2. The molecule has 0 aliphatic carbocycles. The number of nitrogens with zero attached hydrogens (tertiary/aromatic N) is 4. The monoisotopic (exact) mass is 356 g/mol. The van der Waals surface area contributed by atoms with E-state index >= 15 is 0 Å². The van der Waals surface area contributed by atoms with Crippen LogP contribution >= 0.6 is 0 Å². The first-order chi connectivity index (χ1) is 12.8. The lowest BCUT2D eigenvalue weighted by Crippen LogP contribution is -2.37. The summed E-state index contributed by atoms with van der Waals surface area (Å²) in [7, 11) is 1.81. The second-order valence-electron chi connectivity index (χ2n) is 6.21. The lowest BCUT2D eigenvalue weighted by atomic mass is 10.1. The average molecular weight is 357 g/mol. The maximum absolute atomic E-state index is 4.32. The summed E-state index contributed by atoms with van der Waals surface area (Å²) in [6.45, 7) is 10.1. The Morgan fingerprint density at radius 1 is 1.12 bits per heavy atom. The highest BCUT2D eigenvalue weighted by molar-refractivity contribution is 5.79. The molecule has 0 amide bonds. The Hall–Kier alpha value is -2.34. The van der Waals surface area contributed by atoms with E-state index in [1.54, 1.807) is 0 Å². The number of guanidine groups is 1. The normalized spacial score (nSPS) is 11.8. The first-order valence-corrected chi connectivity index (χ1v) is 9.47. The molecule has 0 saturated heterocycles. The third-order valence-corrected chi connectivity index (χ3v) is 4.49. The summed E-state index contributed by atoms with van der Waals surface area (Å²) in [5.74, 6) is 0.836. The van der Waals surface area contributed by atoms with Crippen LogP contribution in [0.15, 0.2) is 47.7 Å². The minimum Gasteiger partial charge on any atom is -0.356 e. The Labute approximate surface area is 157 Å². The maximum Gasteiger partial charge on any atom is 0.191 e. The molecule has 0 aliphatic heterocycles. The van der Waals surface area contributed by atoms with Gasteiger partial charge in [-0.3, -0.25) is 14.6 Å². The topological polar surface area (TPSA) is 57.5 Å². The van der Waals surface area contributed by atoms with E-state index < -0.39 is 0 Å². The average Bonchev–Trinajstić information content (AvgIpc) is 3.20. The van der Waals surface area contributed by atoms with Crippen LogP contribution in [0, 0.1) is 0 Å². The van der Waals surface area contributed by atoms with Crippen molar-refractivity contribution in [2.45, 2.75) is 39.9 Å². The van der Waals surface area contributed by atoms with Crippen LogP contribution in [0.5, 0.6) is 0 Å². The molecule has 0 atom stereocenters. The molecule has 142 valence electrons. The van der Waals surface area contributed by atoms with E-state index in [4.69, 9.17) is 0 Å². The fourth-order valence-corrected chi connectivity index (χ4v) is 2.85. The predicted octanol–water partition coefficient (Wildman–Crippen LogP) is 2.48.